The molecule has 9 heteroatoms. The minimum Gasteiger partial charge on any atom is -0.376 e. The van der Waals surface area contributed by atoms with Crippen LogP contribution in [0.1, 0.15) is 31.2 Å². The van der Waals surface area contributed by atoms with Gasteiger partial charge >= 0.3 is 15.6 Å². The maximum Gasteiger partial charge on any atom is 0.534 e. The van der Waals surface area contributed by atoms with Crippen molar-refractivity contribution in [3.05, 3.63) is 54.1 Å². The van der Waals surface area contributed by atoms with Crippen LogP contribution >= 0.6 is 0 Å². The molecule has 0 atom stereocenters. The normalized spacial score (nSPS) is 27.1. The van der Waals surface area contributed by atoms with E-state index in [9.17, 15) is 26.9 Å². The molecule has 0 aromatic heterocycles. The summed E-state index contributed by atoms with van der Waals surface area (Å²) in [5.41, 5.74) is -6.98. The molecule has 0 spiro atoms. The van der Waals surface area contributed by atoms with Gasteiger partial charge < -0.3 is 8.92 Å². The fraction of sp³-hybridized carbons (Fsp3) is 0.421. The molecule has 0 N–H and O–H groups in total. The second-order valence-electron chi connectivity index (χ2n) is 6.83. The highest BCUT2D eigenvalue weighted by molar-refractivity contribution is 7.88. The maximum absolute atomic E-state index is 12.6. The summed E-state index contributed by atoms with van der Waals surface area (Å²) >= 11 is 0. The summed E-state index contributed by atoms with van der Waals surface area (Å²) < 4.78 is 71.1. The standard InChI is InChI=1S/C19H18F3NO4S/c20-19(21,22)28(24,25)27-16-8-2-1-7-15(16)13-26-18-11-5-3-9-17(18,14-23)10-4-6-12-18/h1-8H,9-13H2. The number of nitrogens with zero attached hydrogens (tertiary/aromatic N) is 1. The Morgan fingerprint density at radius 1 is 1.04 bits per heavy atom. The Morgan fingerprint density at radius 2 is 1.61 bits per heavy atom. The van der Waals surface area contributed by atoms with Crippen LogP contribution in [-0.2, 0) is 21.5 Å². The Labute approximate surface area is 161 Å². The number of rotatable bonds is 5. The molecule has 0 heterocycles. The van der Waals surface area contributed by atoms with Gasteiger partial charge in [-0.25, -0.2) is 0 Å². The minimum absolute atomic E-state index is 0.153. The highest BCUT2D eigenvalue weighted by Gasteiger charge is 2.53. The third kappa shape index (κ3) is 3.54. The van der Waals surface area contributed by atoms with Crippen LogP contribution in [0.25, 0.3) is 0 Å². The summed E-state index contributed by atoms with van der Waals surface area (Å²) in [6.45, 7) is -0.186. The highest BCUT2D eigenvalue weighted by atomic mass is 32.2. The lowest BCUT2D eigenvalue weighted by molar-refractivity contribution is -0.126. The van der Waals surface area contributed by atoms with Gasteiger partial charge in [-0.1, -0.05) is 42.5 Å². The number of benzene rings is 1. The van der Waals surface area contributed by atoms with Gasteiger partial charge in [-0.3, -0.25) is 0 Å². The van der Waals surface area contributed by atoms with Crippen molar-refractivity contribution in [1.29, 1.82) is 5.26 Å². The third-order valence-corrected chi connectivity index (χ3v) is 6.17. The predicted octanol–water partition coefficient (Wildman–Crippen LogP) is 4.38. The number of fused-ring (bicyclic) bond motifs is 1. The summed E-state index contributed by atoms with van der Waals surface area (Å²) in [5, 5.41) is 9.81. The molecule has 1 aromatic carbocycles. The highest BCUT2D eigenvalue weighted by Crippen LogP contribution is 2.51. The van der Waals surface area contributed by atoms with E-state index in [1.54, 1.807) is 6.07 Å². The van der Waals surface area contributed by atoms with Gasteiger partial charge in [-0.15, -0.1) is 0 Å². The average Bonchev–Trinajstić information content (AvgIpc) is 2.66. The molecule has 0 saturated carbocycles. The van der Waals surface area contributed by atoms with Crippen LogP contribution in [0.2, 0.25) is 0 Å². The fourth-order valence-electron chi connectivity index (χ4n) is 3.58. The first-order valence-corrected chi connectivity index (χ1v) is 9.99. The van der Waals surface area contributed by atoms with E-state index in [2.05, 4.69) is 10.3 Å². The molecule has 0 fully saturated rings. The van der Waals surface area contributed by atoms with Gasteiger partial charge in [-0.05, 0) is 31.7 Å². The van der Waals surface area contributed by atoms with E-state index >= 15 is 0 Å². The maximum atomic E-state index is 12.6. The van der Waals surface area contributed by atoms with E-state index in [4.69, 9.17) is 4.74 Å². The quantitative estimate of drug-likeness (QED) is 0.407. The Morgan fingerprint density at radius 3 is 2.18 bits per heavy atom. The fourth-order valence-corrected chi connectivity index (χ4v) is 4.07. The lowest BCUT2D eigenvalue weighted by Gasteiger charge is -2.48. The Hall–Kier alpha value is -2.31. The van der Waals surface area contributed by atoms with Crippen molar-refractivity contribution in [2.45, 2.75) is 43.4 Å². The summed E-state index contributed by atoms with van der Waals surface area (Å²) in [6, 6.07) is 7.85. The van der Waals surface area contributed by atoms with Gasteiger partial charge in [-0.2, -0.15) is 26.9 Å². The Kier molecular flexibility index (Phi) is 5.30. The molecule has 2 aliphatic carbocycles. The van der Waals surface area contributed by atoms with E-state index in [-0.39, 0.29) is 12.2 Å². The molecule has 0 radical (unpaired) electrons. The van der Waals surface area contributed by atoms with Gasteiger partial charge in [0.1, 0.15) is 5.75 Å². The number of alkyl halides is 3. The van der Waals surface area contributed by atoms with E-state index in [0.717, 1.165) is 6.07 Å². The number of para-hydroxylation sites is 1. The summed E-state index contributed by atoms with van der Waals surface area (Å²) in [6.07, 6.45) is 9.68. The van der Waals surface area contributed by atoms with Gasteiger partial charge in [0.05, 0.1) is 23.7 Å². The molecule has 150 valence electrons. The number of nitriles is 1. The summed E-state index contributed by atoms with van der Waals surface area (Å²) in [5.74, 6) is -0.448. The summed E-state index contributed by atoms with van der Waals surface area (Å²) in [4.78, 5) is 0. The van der Waals surface area contributed by atoms with Crippen LogP contribution < -0.4 is 4.18 Å². The monoisotopic (exact) mass is 413 g/mol. The molecule has 0 amide bonds. The zero-order valence-corrected chi connectivity index (χ0v) is 15.6. The molecule has 0 saturated heterocycles. The molecule has 0 aliphatic heterocycles. The largest absolute Gasteiger partial charge is 0.534 e. The second kappa shape index (κ2) is 7.26. The van der Waals surface area contributed by atoms with E-state index < -0.39 is 32.4 Å². The van der Waals surface area contributed by atoms with Gasteiger partial charge in [0.15, 0.2) is 0 Å². The number of hydrogen-bond donors (Lipinski definition) is 0. The number of allylic oxidation sites excluding steroid dienone is 2. The van der Waals surface area contributed by atoms with Crippen molar-refractivity contribution in [3.8, 4) is 11.8 Å². The van der Waals surface area contributed by atoms with Crippen molar-refractivity contribution >= 4 is 10.1 Å². The lowest BCUT2D eigenvalue weighted by Crippen LogP contribution is -2.51. The van der Waals surface area contributed by atoms with E-state index in [1.165, 1.54) is 12.1 Å². The summed E-state index contributed by atoms with van der Waals surface area (Å²) in [7, 11) is -5.79. The zero-order chi connectivity index (χ0) is 20.5. The number of ether oxygens (including phenoxy) is 1. The molecule has 0 unspecified atom stereocenters. The molecular formula is C19H18F3NO4S. The molecule has 0 bridgehead atoms. The molecule has 1 aromatic rings. The average molecular weight is 413 g/mol. The van der Waals surface area contributed by atoms with Crippen molar-refractivity contribution in [2.75, 3.05) is 0 Å². The van der Waals surface area contributed by atoms with Gasteiger partial charge in [0.25, 0.3) is 0 Å². The van der Waals surface area contributed by atoms with Crippen molar-refractivity contribution in [1.82, 2.24) is 0 Å². The van der Waals surface area contributed by atoms with Crippen LogP contribution in [0.4, 0.5) is 13.2 Å². The minimum atomic E-state index is -5.79. The first kappa shape index (κ1) is 20.4. The first-order valence-electron chi connectivity index (χ1n) is 8.59. The van der Waals surface area contributed by atoms with Crippen LogP contribution in [0.3, 0.4) is 0 Å². The Balaban J connectivity index is 1.87. The third-order valence-electron chi connectivity index (χ3n) is 5.21. The first-order chi connectivity index (χ1) is 13.1. The molecule has 3 rings (SSSR count). The van der Waals surface area contributed by atoms with E-state index in [0.29, 0.717) is 25.7 Å². The van der Waals surface area contributed by atoms with Crippen LogP contribution in [-0.4, -0.2) is 19.5 Å². The van der Waals surface area contributed by atoms with Crippen LogP contribution in [0.15, 0.2) is 48.6 Å². The SMILES string of the molecule is N#CC12CC=CCC1(OCc1ccccc1OS(=O)(=O)C(F)(F)F)CC=CC2. The molecule has 2 aliphatic rings. The smallest absolute Gasteiger partial charge is 0.376 e. The second-order valence-corrected chi connectivity index (χ2v) is 8.36. The topological polar surface area (TPSA) is 76.4 Å². The molecular weight excluding hydrogens is 395 g/mol. The Bertz CT molecular complexity index is 927. The number of hydrogen-bond acceptors (Lipinski definition) is 5. The van der Waals surface area contributed by atoms with Crippen molar-refractivity contribution in [3.63, 3.8) is 0 Å². The lowest BCUT2D eigenvalue weighted by atomic mass is 9.61. The predicted molar refractivity (Wildman–Crippen MR) is 94.4 cm³/mol. The van der Waals surface area contributed by atoms with Crippen LogP contribution in [0.5, 0.6) is 5.75 Å². The van der Waals surface area contributed by atoms with Gasteiger partial charge in [0, 0.05) is 5.56 Å². The molecule has 5 nitrogen and oxygen atoms in total. The van der Waals surface area contributed by atoms with Gasteiger partial charge in [0.2, 0.25) is 0 Å². The van der Waals surface area contributed by atoms with Crippen molar-refractivity contribution in [2.24, 2.45) is 5.41 Å². The molecule has 28 heavy (non-hydrogen) atoms. The van der Waals surface area contributed by atoms with Crippen LogP contribution in [0, 0.1) is 16.7 Å². The van der Waals surface area contributed by atoms with E-state index in [1.807, 2.05) is 24.3 Å². The van der Waals surface area contributed by atoms with Crippen molar-refractivity contribution < 1.29 is 30.5 Å². The number of halogens is 3. The zero-order valence-electron chi connectivity index (χ0n) is 14.8.